The Balaban J connectivity index is 1.81. The van der Waals surface area contributed by atoms with Gasteiger partial charge in [0.15, 0.2) is 5.78 Å². The Morgan fingerprint density at radius 3 is 2.27 bits per heavy atom. The Labute approximate surface area is 132 Å². The van der Waals surface area contributed by atoms with Crippen LogP contribution in [0.1, 0.15) is 79.0 Å². The van der Waals surface area contributed by atoms with Crippen molar-refractivity contribution in [2.75, 3.05) is 6.54 Å². The van der Waals surface area contributed by atoms with E-state index in [1.165, 1.54) is 32.1 Å². The fourth-order valence-electron chi connectivity index (χ4n) is 2.82. The highest BCUT2D eigenvalue weighted by molar-refractivity contribution is 6.52. The predicted octanol–water partition coefficient (Wildman–Crippen LogP) is 4.65. The van der Waals surface area contributed by atoms with Crippen LogP contribution in [0, 0.1) is 0 Å². The molecule has 3 heteroatoms. The molecule has 0 aromatic heterocycles. The number of benzene rings is 1. The highest BCUT2D eigenvalue weighted by atomic mass is 16.1. The highest BCUT2D eigenvalue weighted by Gasteiger charge is 2.28. The summed E-state index contributed by atoms with van der Waals surface area (Å²) in [6.45, 7) is 2.88. The topological polar surface area (TPSA) is 46.5 Å². The molecule has 0 fully saturated rings. The van der Waals surface area contributed by atoms with Gasteiger partial charge in [0.2, 0.25) is 5.78 Å². The lowest BCUT2D eigenvalue weighted by atomic mass is 9.88. The standard InChI is InChI=1S/C19H25NO2/c1-2-3-4-5-6-7-10-13-20-17-14-18(21)15-11-8-9-12-16(15)19(17)22/h8-9,11-12H,2-7,10,13-14H2,1H3. The number of carbonyl (C=O) groups excluding carboxylic acids is 2. The van der Waals surface area contributed by atoms with Gasteiger partial charge in [-0.15, -0.1) is 0 Å². The molecule has 0 saturated heterocycles. The molecule has 0 aliphatic heterocycles. The Hall–Kier alpha value is -1.77. The molecule has 2 rings (SSSR count). The molecule has 1 aliphatic carbocycles. The van der Waals surface area contributed by atoms with Crippen LogP contribution in [0.15, 0.2) is 29.3 Å². The molecule has 1 aromatic rings. The molecule has 22 heavy (non-hydrogen) atoms. The zero-order valence-electron chi connectivity index (χ0n) is 13.4. The highest BCUT2D eigenvalue weighted by Crippen LogP contribution is 2.19. The first-order valence-corrected chi connectivity index (χ1v) is 8.44. The van der Waals surface area contributed by atoms with E-state index in [1.807, 2.05) is 0 Å². The summed E-state index contributed by atoms with van der Waals surface area (Å²) in [5.41, 5.74) is 1.49. The van der Waals surface area contributed by atoms with Crippen LogP contribution in [0.4, 0.5) is 0 Å². The predicted molar refractivity (Wildman–Crippen MR) is 90.0 cm³/mol. The number of hydrogen-bond donors (Lipinski definition) is 0. The number of ketones is 2. The summed E-state index contributed by atoms with van der Waals surface area (Å²) in [7, 11) is 0. The number of carbonyl (C=O) groups is 2. The van der Waals surface area contributed by atoms with E-state index >= 15 is 0 Å². The van der Waals surface area contributed by atoms with E-state index in [0.717, 1.165) is 12.8 Å². The Kier molecular flexibility index (Phi) is 6.50. The van der Waals surface area contributed by atoms with Crippen LogP contribution < -0.4 is 0 Å². The average molecular weight is 299 g/mol. The zero-order valence-corrected chi connectivity index (χ0v) is 13.4. The second-order valence-corrected chi connectivity index (χ2v) is 5.92. The normalized spacial score (nSPS) is 16.1. The summed E-state index contributed by atoms with van der Waals surface area (Å²) in [6, 6.07) is 7.04. The van der Waals surface area contributed by atoms with Crippen molar-refractivity contribution in [3.05, 3.63) is 35.4 Å². The number of Topliss-reactive ketones (excluding diaryl/α,β-unsaturated/α-hetero) is 2. The van der Waals surface area contributed by atoms with Crippen molar-refractivity contribution in [3.8, 4) is 0 Å². The molecule has 118 valence electrons. The Morgan fingerprint density at radius 2 is 1.55 bits per heavy atom. The third-order valence-electron chi connectivity index (χ3n) is 4.13. The fourth-order valence-corrected chi connectivity index (χ4v) is 2.82. The number of fused-ring (bicyclic) bond motifs is 1. The third-order valence-corrected chi connectivity index (χ3v) is 4.13. The molecule has 0 amide bonds. The summed E-state index contributed by atoms with van der Waals surface area (Å²) < 4.78 is 0. The first-order valence-electron chi connectivity index (χ1n) is 8.44. The minimum Gasteiger partial charge on any atom is -0.294 e. The SMILES string of the molecule is CCCCCCCCCN=C1CC(=O)c2ccccc2C1=O. The van der Waals surface area contributed by atoms with Gasteiger partial charge >= 0.3 is 0 Å². The van der Waals surface area contributed by atoms with Gasteiger partial charge in [0, 0.05) is 17.7 Å². The van der Waals surface area contributed by atoms with Crippen LogP contribution in [0.5, 0.6) is 0 Å². The molecule has 0 bridgehead atoms. The maximum atomic E-state index is 12.3. The number of nitrogens with zero attached hydrogens (tertiary/aromatic N) is 1. The van der Waals surface area contributed by atoms with E-state index in [-0.39, 0.29) is 18.0 Å². The van der Waals surface area contributed by atoms with Gasteiger partial charge in [0.1, 0.15) is 0 Å². The van der Waals surface area contributed by atoms with Crippen molar-refractivity contribution in [2.45, 2.75) is 58.3 Å². The van der Waals surface area contributed by atoms with E-state index < -0.39 is 0 Å². The minimum absolute atomic E-state index is 0.00788. The Morgan fingerprint density at radius 1 is 0.909 bits per heavy atom. The Bertz CT molecular complexity index is 560. The van der Waals surface area contributed by atoms with Crippen molar-refractivity contribution in [1.29, 1.82) is 0 Å². The van der Waals surface area contributed by atoms with Crippen LogP contribution in [0.25, 0.3) is 0 Å². The summed E-state index contributed by atoms with van der Waals surface area (Å²) in [4.78, 5) is 28.8. The van der Waals surface area contributed by atoms with E-state index in [4.69, 9.17) is 0 Å². The van der Waals surface area contributed by atoms with Crippen LogP contribution >= 0.6 is 0 Å². The molecule has 0 radical (unpaired) electrons. The van der Waals surface area contributed by atoms with Crippen LogP contribution in [-0.4, -0.2) is 23.8 Å². The number of rotatable bonds is 8. The van der Waals surface area contributed by atoms with E-state index in [2.05, 4.69) is 11.9 Å². The van der Waals surface area contributed by atoms with Crippen molar-refractivity contribution in [1.82, 2.24) is 0 Å². The summed E-state index contributed by atoms with van der Waals surface area (Å²) in [5.74, 6) is -0.0633. The number of aliphatic imine (C=N–C) groups is 1. The van der Waals surface area contributed by atoms with E-state index in [1.54, 1.807) is 24.3 Å². The summed E-state index contributed by atoms with van der Waals surface area (Å²) in [5, 5.41) is 0. The lowest BCUT2D eigenvalue weighted by molar-refractivity contribution is 0.0964. The van der Waals surface area contributed by atoms with Gasteiger partial charge in [-0.25, -0.2) is 0 Å². The largest absolute Gasteiger partial charge is 0.294 e. The minimum atomic E-state index is -0.0712. The maximum Gasteiger partial charge on any atom is 0.207 e. The van der Waals surface area contributed by atoms with Crippen molar-refractivity contribution in [2.24, 2.45) is 4.99 Å². The molecule has 0 unspecified atom stereocenters. The maximum absolute atomic E-state index is 12.3. The first-order chi connectivity index (χ1) is 10.7. The van der Waals surface area contributed by atoms with Crippen molar-refractivity contribution < 1.29 is 9.59 Å². The van der Waals surface area contributed by atoms with Crippen LogP contribution in [-0.2, 0) is 0 Å². The lowest BCUT2D eigenvalue weighted by Gasteiger charge is -2.15. The molecule has 0 saturated carbocycles. The van der Waals surface area contributed by atoms with Crippen molar-refractivity contribution >= 4 is 17.3 Å². The van der Waals surface area contributed by atoms with Gasteiger partial charge in [0.25, 0.3) is 0 Å². The molecular formula is C19H25NO2. The monoisotopic (exact) mass is 299 g/mol. The molecule has 0 atom stereocenters. The second-order valence-electron chi connectivity index (χ2n) is 5.92. The molecule has 1 aliphatic rings. The van der Waals surface area contributed by atoms with Gasteiger partial charge < -0.3 is 0 Å². The van der Waals surface area contributed by atoms with Gasteiger partial charge in [-0.05, 0) is 6.42 Å². The summed E-state index contributed by atoms with van der Waals surface area (Å²) >= 11 is 0. The van der Waals surface area contributed by atoms with Gasteiger partial charge in [-0.1, -0.05) is 69.7 Å². The lowest BCUT2D eigenvalue weighted by Crippen LogP contribution is -2.27. The molecule has 3 nitrogen and oxygen atoms in total. The average Bonchev–Trinajstić information content (AvgIpc) is 2.54. The van der Waals surface area contributed by atoms with Crippen molar-refractivity contribution in [3.63, 3.8) is 0 Å². The first kappa shape index (κ1) is 16.6. The molecule has 1 aromatic carbocycles. The second kappa shape index (κ2) is 8.62. The van der Waals surface area contributed by atoms with Gasteiger partial charge in [0.05, 0.1) is 12.1 Å². The van der Waals surface area contributed by atoms with Crippen LogP contribution in [0.3, 0.4) is 0 Å². The molecule has 0 heterocycles. The quantitative estimate of drug-likeness (QED) is 0.656. The van der Waals surface area contributed by atoms with Crippen LogP contribution in [0.2, 0.25) is 0 Å². The molecule has 0 N–H and O–H groups in total. The number of unbranched alkanes of at least 4 members (excludes halogenated alkanes) is 6. The van der Waals surface area contributed by atoms with E-state index in [0.29, 0.717) is 23.4 Å². The molecular weight excluding hydrogens is 274 g/mol. The summed E-state index contributed by atoms with van der Waals surface area (Å²) in [6.07, 6.45) is 8.73. The molecule has 0 spiro atoms. The fraction of sp³-hybridized carbons (Fsp3) is 0.526. The van der Waals surface area contributed by atoms with Gasteiger partial charge in [-0.2, -0.15) is 0 Å². The number of hydrogen-bond acceptors (Lipinski definition) is 3. The smallest absolute Gasteiger partial charge is 0.207 e. The third kappa shape index (κ3) is 4.36. The van der Waals surface area contributed by atoms with E-state index in [9.17, 15) is 9.59 Å². The van der Waals surface area contributed by atoms with Gasteiger partial charge in [-0.3, -0.25) is 14.6 Å². The zero-order chi connectivity index (χ0) is 15.8.